The molecule has 0 bridgehead atoms. The Hall–Kier alpha value is -1.32. The molecule has 18 heavy (non-hydrogen) atoms. The van der Waals surface area contributed by atoms with E-state index in [1.165, 1.54) is 20.9 Å². The Balaban J connectivity index is 2.01. The van der Waals surface area contributed by atoms with E-state index in [-0.39, 0.29) is 0 Å². The third-order valence-corrected chi connectivity index (χ3v) is 4.84. The number of hydrogen-bond donors (Lipinski definition) is 1. The summed E-state index contributed by atoms with van der Waals surface area (Å²) in [6.45, 7) is 3.33. The predicted molar refractivity (Wildman–Crippen MR) is 76.4 cm³/mol. The normalized spacial score (nSPS) is 18.4. The summed E-state index contributed by atoms with van der Waals surface area (Å²) in [4.78, 5) is 2.83. The van der Waals surface area contributed by atoms with Crippen LogP contribution in [0.5, 0.6) is 5.75 Å². The van der Waals surface area contributed by atoms with E-state index in [4.69, 9.17) is 4.74 Å². The number of fused-ring (bicyclic) bond motifs is 1. The fourth-order valence-electron chi connectivity index (χ4n) is 2.44. The highest BCUT2D eigenvalue weighted by Crippen LogP contribution is 2.37. The molecule has 0 fully saturated rings. The summed E-state index contributed by atoms with van der Waals surface area (Å²) in [7, 11) is 1.71. The van der Waals surface area contributed by atoms with Gasteiger partial charge in [-0.05, 0) is 49.2 Å². The van der Waals surface area contributed by atoms with Crippen LogP contribution in [0.25, 0.3) is 10.4 Å². The highest BCUT2D eigenvalue weighted by Gasteiger charge is 2.19. The summed E-state index contributed by atoms with van der Waals surface area (Å²) < 4.78 is 5.29. The van der Waals surface area contributed by atoms with Crippen molar-refractivity contribution in [2.24, 2.45) is 0 Å². The Bertz CT molecular complexity index is 561. The molecule has 1 aliphatic heterocycles. The molecule has 1 atom stereocenters. The molecular weight excluding hydrogens is 242 g/mol. The first-order chi connectivity index (χ1) is 8.78. The molecule has 0 amide bonds. The van der Waals surface area contributed by atoms with E-state index in [0.717, 1.165) is 18.7 Å². The molecule has 1 aliphatic rings. The molecule has 2 nitrogen and oxygen atoms in total. The van der Waals surface area contributed by atoms with Crippen LogP contribution in [-0.2, 0) is 6.42 Å². The monoisotopic (exact) mass is 259 g/mol. The van der Waals surface area contributed by atoms with Crippen molar-refractivity contribution in [3.8, 4) is 16.2 Å². The lowest BCUT2D eigenvalue weighted by Crippen LogP contribution is -2.26. The van der Waals surface area contributed by atoms with Gasteiger partial charge in [0.25, 0.3) is 0 Å². The minimum absolute atomic E-state index is 0.484. The number of ether oxygens (including phenoxy) is 1. The van der Waals surface area contributed by atoms with Gasteiger partial charge < -0.3 is 10.1 Å². The van der Waals surface area contributed by atoms with Gasteiger partial charge in [0.15, 0.2) is 0 Å². The molecule has 2 aromatic rings. The zero-order valence-corrected chi connectivity index (χ0v) is 11.5. The first-order valence-electron chi connectivity index (χ1n) is 6.28. The maximum Gasteiger partial charge on any atom is 0.119 e. The third kappa shape index (κ3) is 2.04. The van der Waals surface area contributed by atoms with Crippen molar-refractivity contribution in [3.05, 3.63) is 40.8 Å². The molecule has 0 spiro atoms. The average Bonchev–Trinajstić information content (AvgIpc) is 2.84. The lowest BCUT2D eigenvalue weighted by Gasteiger charge is -2.19. The number of thiophene rings is 1. The second-order valence-corrected chi connectivity index (χ2v) is 5.74. The van der Waals surface area contributed by atoms with Gasteiger partial charge in [-0.15, -0.1) is 11.3 Å². The van der Waals surface area contributed by atoms with Gasteiger partial charge in [0.05, 0.1) is 7.11 Å². The Morgan fingerprint density at radius 2 is 2.22 bits per heavy atom. The topological polar surface area (TPSA) is 21.3 Å². The first-order valence-corrected chi connectivity index (χ1v) is 7.10. The minimum Gasteiger partial charge on any atom is -0.497 e. The summed E-state index contributed by atoms with van der Waals surface area (Å²) in [5.41, 5.74) is 2.75. The van der Waals surface area contributed by atoms with Crippen LogP contribution in [0.1, 0.15) is 23.4 Å². The summed E-state index contributed by atoms with van der Waals surface area (Å²) in [6, 6.07) is 11.1. The van der Waals surface area contributed by atoms with Crippen molar-refractivity contribution >= 4 is 11.3 Å². The van der Waals surface area contributed by atoms with Gasteiger partial charge in [0, 0.05) is 15.8 Å². The first kappa shape index (κ1) is 11.8. The van der Waals surface area contributed by atoms with Crippen molar-refractivity contribution in [1.29, 1.82) is 0 Å². The van der Waals surface area contributed by atoms with Crippen LogP contribution < -0.4 is 10.1 Å². The fourth-order valence-corrected chi connectivity index (χ4v) is 3.67. The Kier molecular flexibility index (Phi) is 3.10. The van der Waals surface area contributed by atoms with E-state index >= 15 is 0 Å². The average molecular weight is 259 g/mol. The number of methoxy groups -OCH3 is 1. The predicted octanol–water partition coefficient (Wildman–Crippen LogP) is 3.63. The van der Waals surface area contributed by atoms with Gasteiger partial charge in [0.2, 0.25) is 0 Å². The van der Waals surface area contributed by atoms with E-state index in [2.05, 4.69) is 36.5 Å². The molecule has 2 heterocycles. The second kappa shape index (κ2) is 4.75. The van der Waals surface area contributed by atoms with Gasteiger partial charge in [-0.1, -0.05) is 12.1 Å². The van der Waals surface area contributed by atoms with Crippen molar-refractivity contribution in [2.45, 2.75) is 19.4 Å². The Morgan fingerprint density at radius 1 is 1.33 bits per heavy atom. The standard InChI is InChI=1S/C15H17NOS/c1-10-15-12(6-7-16-10)9-14(18-15)11-4-3-5-13(8-11)17-2/h3-5,8-10,16H,6-7H2,1-2H3. The lowest BCUT2D eigenvalue weighted by atomic mass is 10.0. The Morgan fingerprint density at radius 3 is 3.00 bits per heavy atom. The van der Waals surface area contributed by atoms with Gasteiger partial charge in [0.1, 0.15) is 5.75 Å². The molecule has 3 rings (SSSR count). The number of hydrogen-bond acceptors (Lipinski definition) is 3. The third-order valence-electron chi connectivity index (χ3n) is 3.43. The van der Waals surface area contributed by atoms with E-state index < -0.39 is 0 Å². The molecule has 1 aromatic carbocycles. The van der Waals surface area contributed by atoms with E-state index in [1.54, 1.807) is 7.11 Å². The zero-order chi connectivity index (χ0) is 12.5. The van der Waals surface area contributed by atoms with Crippen LogP contribution in [0.2, 0.25) is 0 Å². The van der Waals surface area contributed by atoms with Gasteiger partial charge in [-0.3, -0.25) is 0 Å². The number of benzene rings is 1. The van der Waals surface area contributed by atoms with Crippen LogP contribution >= 0.6 is 11.3 Å². The highest BCUT2D eigenvalue weighted by atomic mass is 32.1. The van der Waals surface area contributed by atoms with Crippen molar-refractivity contribution in [1.82, 2.24) is 5.32 Å². The quantitative estimate of drug-likeness (QED) is 0.889. The maximum absolute atomic E-state index is 5.29. The minimum atomic E-state index is 0.484. The lowest BCUT2D eigenvalue weighted by molar-refractivity contribution is 0.415. The molecule has 0 aliphatic carbocycles. The SMILES string of the molecule is COc1cccc(-c2cc3c(s2)C(C)NCC3)c1. The van der Waals surface area contributed by atoms with Gasteiger partial charge in [-0.25, -0.2) is 0 Å². The summed E-state index contributed by atoms with van der Waals surface area (Å²) in [6.07, 6.45) is 1.14. The molecule has 1 N–H and O–H groups in total. The second-order valence-electron chi connectivity index (χ2n) is 4.66. The molecule has 1 unspecified atom stereocenters. The van der Waals surface area contributed by atoms with Crippen LogP contribution in [-0.4, -0.2) is 13.7 Å². The summed E-state index contributed by atoms with van der Waals surface area (Å²) >= 11 is 1.90. The highest BCUT2D eigenvalue weighted by molar-refractivity contribution is 7.15. The largest absolute Gasteiger partial charge is 0.497 e. The fraction of sp³-hybridized carbons (Fsp3) is 0.333. The van der Waals surface area contributed by atoms with Gasteiger partial charge in [-0.2, -0.15) is 0 Å². The molecule has 3 heteroatoms. The summed E-state index contributed by atoms with van der Waals surface area (Å²) in [5, 5.41) is 3.51. The Labute approximate surface area is 112 Å². The van der Waals surface area contributed by atoms with Crippen LogP contribution in [0, 0.1) is 0 Å². The zero-order valence-electron chi connectivity index (χ0n) is 10.7. The number of rotatable bonds is 2. The summed E-state index contributed by atoms with van der Waals surface area (Å²) in [5.74, 6) is 0.921. The molecule has 0 radical (unpaired) electrons. The van der Waals surface area contributed by atoms with Crippen molar-refractivity contribution in [3.63, 3.8) is 0 Å². The van der Waals surface area contributed by atoms with E-state index in [9.17, 15) is 0 Å². The molecular formula is C15H17NOS. The smallest absolute Gasteiger partial charge is 0.119 e. The maximum atomic E-state index is 5.29. The van der Waals surface area contributed by atoms with Gasteiger partial charge >= 0.3 is 0 Å². The number of nitrogens with one attached hydrogen (secondary N) is 1. The van der Waals surface area contributed by atoms with Crippen LogP contribution in [0.3, 0.4) is 0 Å². The van der Waals surface area contributed by atoms with Crippen molar-refractivity contribution < 1.29 is 4.74 Å². The molecule has 0 saturated carbocycles. The van der Waals surface area contributed by atoms with Crippen molar-refractivity contribution in [2.75, 3.05) is 13.7 Å². The van der Waals surface area contributed by atoms with E-state index in [1.807, 2.05) is 17.4 Å². The molecule has 1 aromatic heterocycles. The van der Waals surface area contributed by atoms with Crippen LogP contribution in [0.4, 0.5) is 0 Å². The van der Waals surface area contributed by atoms with E-state index in [0.29, 0.717) is 6.04 Å². The van der Waals surface area contributed by atoms with Crippen LogP contribution in [0.15, 0.2) is 30.3 Å². The molecule has 0 saturated heterocycles. The molecule has 94 valence electrons.